The summed E-state index contributed by atoms with van der Waals surface area (Å²) in [5.74, 6) is -0.686. The topological polar surface area (TPSA) is 64.8 Å². The molecule has 0 bridgehead atoms. The molecule has 5 nitrogen and oxygen atoms in total. The first-order chi connectivity index (χ1) is 12.5. The summed E-state index contributed by atoms with van der Waals surface area (Å²) in [5.41, 5.74) is 0.686. The molecule has 0 fully saturated rings. The van der Waals surface area contributed by atoms with Gasteiger partial charge < -0.3 is 0 Å². The van der Waals surface area contributed by atoms with E-state index in [1.165, 1.54) is 18.3 Å². The largest absolute Gasteiger partial charge is 0.268 e. The van der Waals surface area contributed by atoms with Gasteiger partial charge in [-0.1, -0.05) is 36.4 Å². The Morgan fingerprint density at radius 1 is 1.00 bits per heavy atom. The van der Waals surface area contributed by atoms with E-state index in [1.807, 2.05) is 0 Å². The smallest absolute Gasteiger partial charge is 0.240 e. The quantitative estimate of drug-likeness (QED) is 0.496. The lowest BCUT2D eigenvalue weighted by Gasteiger charge is -2.07. The van der Waals surface area contributed by atoms with Gasteiger partial charge in [0, 0.05) is 17.1 Å². The van der Waals surface area contributed by atoms with Crippen molar-refractivity contribution in [2.24, 2.45) is 0 Å². The molecule has 0 amide bonds. The van der Waals surface area contributed by atoms with Gasteiger partial charge in [-0.25, -0.2) is 26.7 Å². The second-order valence-electron chi connectivity index (χ2n) is 5.51. The van der Waals surface area contributed by atoms with E-state index < -0.39 is 15.8 Å². The average Bonchev–Trinajstić information content (AvgIpc) is 3.05. The molecule has 0 atom stereocenters. The standard InChI is InChI=1S/C18H11ClFN3O2S/c19-18-21-10-15(20)17(22-18)14-11-23(16-9-5-4-8-13(14)16)26(24,25)12-6-2-1-3-7-12/h1-11H. The van der Waals surface area contributed by atoms with Crippen LogP contribution in [0, 0.1) is 5.82 Å². The third kappa shape index (κ3) is 2.65. The number of halogens is 2. The summed E-state index contributed by atoms with van der Waals surface area (Å²) in [6.07, 6.45) is 2.32. The van der Waals surface area contributed by atoms with Crippen molar-refractivity contribution < 1.29 is 12.8 Å². The predicted molar refractivity (Wildman–Crippen MR) is 97.0 cm³/mol. The lowest BCUT2D eigenvalue weighted by molar-refractivity contribution is 0.589. The molecule has 0 aliphatic heterocycles. The summed E-state index contributed by atoms with van der Waals surface area (Å²) in [6, 6.07) is 14.8. The van der Waals surface area contributed by atoms with Crippen LogP contribution in [0.5, 0.6) is 0 Å². The van der Waals surface area contributed by atoms with E-state index in [0.717, 1.165) is 10.2 Å². The van der Waals surface area contributed by atoms with Crippen LogP contribution in [0.15, 0.2) is 71.9 Å². The van der Waals surface area contributed by atoms with E-state index in [-0.39, 0.29) is 15.9 Å². The van der Waals surface area contributed by atoms with Crippen molar-refractivity contribution in [2.45, 2.75) is 4.90 Å². The Morgan fingerprint density at radius 3 is 2.46 bits per heavy atom. The molecule has 0 spiro atoms. The van der Waals surface area contributed by atoms with Crippen molar-refractivity contribution in [3.63, 3.8) is 0 Å². The highest BCUT2D eigenvalue weighted by Gasteiger charge is 2.23. The number of hydrogen-bond acceptors (Lipinski definition) is 4. The summed E-state index contributed by atoms with van der Waals surface area (Å²) in [5, 5.41) is 0.421. The summed E-state index contributed by atoms with van der Waals surface area (Å²) >= 11 is 5.80. The van der Waals surface area contributed by atoms with E-state index in [4.69, 9.17) is 11.6 Å². The van der Waals surface area contributed by atoms with E-state index >= 15 is 0 Å². The molecule has 0 radical (unpaired) electrons. The number of fused-ring (bicyclic) bond motifs is 1. The van der Waals surface area contributed by atoms with Crippen molar-refractivity contribution >= 4 is 32.5 Å². The molecule has 0 aliphatic rings. The van der Waals surface area contributed by atoms with Crippen LogP contribution in [0.3, 0.4) is 0 Å². The normalized spacial score (nSPS) is 11.8. The Balaban J connectivity index is 2.04. The average molecular weight is 388 g/mol. The predicted octanol–water partition coefficient (Wildman–Crippen LogP) is 4.13. The maximum absolute atomic E-state index is 14.3. The summed E-state index contributed by atoms with van der Waals surface area (Å²) in [6.45, 7) is 0. The molecular weight excluding hydrogens is 377 g/mol. The maximum Gasteiger partial charge on any atom is 0.268 e. The Labute approximate surface area is 153 Å². The van der Waals surface area contributed by atoms with Crippen LogP contribution in [-0.4, -0.2) is 22.4 Å². The van der Waals surface area contributed by atoms with Gasteiger partial charge in [-0.05, 0) is 29.8 Å². The molecule has 26 heavy (non-hydrogen) atoms. The molecule has 130 valence electrons. The van der Waals surface area contributed by atoms with Gasteiger partial charge in [-0.2, -0.15) is 0 Å². The Bertz CT molecular complexity index is 1220. The molecule has 0 aliphatic carbocycles. The van der Waals surface area contributed by atoms with Crippen molar-refractivity contribution in [2.75, 3.05) is 0 Å². The number of aromatic nitrogens is 3. The third-order valence-electron chi connectivity index (χ3n) is 3.95. The molecular formula is C18H11ClFN3O2S. The zero-order valence-electron chi connectivity index (χ0n) is 13.2. The molecule has 0 saturated carbocycles. The monoisotopic (exact) mass is 387 g/mol. The fourth-order valence-corrected chi connectivity index (χ4v) is 4.30. The highest BCUT2D eigenvalue weighted by Crippen LogP contribution is 2.33. The van der Waals surface area contributed by atoms with Crippen molar-refractivity contribution in [1.82, 2.24) is 13.9 Å². The van der Waals surface area contributed by atoms with Gasteiger partial charge in [0.15, 0.2) is 5.82 Å². The van der Waals surface area contributed by atoms with Crippen LogP contribution in [0.2, 0.25) is 5.28 Å². The fourth-order valence-electron chi connectivity index (χ4n) is 2.78. The van der Waals surface area contributed by atoms with E-state index in [1.54, 1.807) is 42.5 Å². The minimum Gasteiger partial charge on any atom is -0.240 e. The Hall–Kier alpha value is -2.77. The van der Waals surface area contributed by atoms with Crippen LogP contribution < -0.4 is 0 Å². The van der Waals surface area contributed by atoms with Crippen LogP contribution in [-0.2, 0) is 10.0 Å². The molecule has 8 heteroatoms. The molecule has 0 N–H and O–H groups in total. The fraction of sp³-hybridized carbons (Fsp3) is 0. The lowest BCUT2D eigenvalue weighted by Crippen LogP contribution is -2.11. The number of rotatable bonds is 3. The number of benzene rings is 2. The number of para-hydroxylation sites is 1. The van der Waals surface area contributed by atoms with Gasteiger partial charge in [-0.3, -0.25) is 0 Å². The second kappa shape index (κ2) is 6.19. The molecule has 0 unspecified atom stereocenters. The molecule has 2 aromatic carbocycles. The van der Waals surface area contributed by atoms with E-state index in [9.17, 15) is 12.8 Å². The van der Waals surface area contributed by atoms with Gasteiger partial charge in [0.2, 0.25) is 5.28 Å². The SMILES string of the molecule is O=S(=O)(c1ccccc1)n1cc(-c2nc(Cl)ncc2F)c2ccccc21. The van der Waals surface area contributed by atoms with Crippen molar-refractivity contribution in [3.8, 4) is 11.3 Å². The number of nitrogens with zero attached hydrogens (tertiary/aromatic N) is 3. The van der Waals surface area contributed by atoms with E-state index in [2.05, 4.69) is 9.97 Å². The molecule has 2 aromatic heterocycles. The molecule has 4 rings (SSSR count). The van der Waals surface area contributed by atoms with Gasteiger partial charge in [-0.15, -0.1) is 0 Å². The van der Waals surface area contributed by atoms with Crippen LogP contribution in [0.1, 0.15) is 0 Å². The molecule has 2 heterocycles. The summed E-state index contributed by atoms with van der Waals surface area (Å²) in [7, 11) is -3.86. The second-order valence-corrected chi connectivity index (χ2v) is 7.66. The first-order valence-electron chi connectivity index (χ1n) is 7.57. The minimum atomic E-state index is -3.86. The summed E-state index contributed by atoms with van der Waals surface area (Å²) in [4.78, 5) is 7.67. The van der Waals surface area contributed by atoms with Crippen molar-refractivity contribution in [3.05, 3.63) is 78.1 Å². The van der Waals surface area contributed by atoms with Gasteiger partial charge >= 0.3 is 0 Å². The van der Waals surface area contributed by atoms with Crippen LogP contribution in [0.4, 0.5) is 4.39 Å². The maximum atomic E-state index is 14.3. The lowest BCUT2D eigenvalue weighted by atomic mass is 10.1. The zero-order chi connectivity index (χ0) is 18.3. The zero-order valence-corrected chi connectivity index (χ0v) is 14.7. The van der Waals surface area contributed by atoms with E-state index in [0.29, 0.717) is 16.5 Å². The van der Waals surface area contributed by atoms with Gasteiger partial charge in [0.1, 0.15) is 5.69 Å². The van der Waals surface area contributed by atoms with Crippen LogP contribution >= 0.6 is 11.6 Å². The third-order valence-corrected chi connectivity index (χ3v) is 5.82. The minimum absolute atomic E-state index is 0.0526. The highest BCUT2D eigenvalue weighted by atomic mass is 35.5. The summed E-state index contributed by atoms with van der Waals surface area (Å²) < 4.78 is 41.5. The van der Waals surface area contributed by atoms with Crippen LogP contribution in [0.25, 0.3) is 22.2 Å². The van der Waals surface area contributed by atoms with Gasteiger partial charge in [0.25, 0.3) is 10.0 Å². The Morgan fingerprint density at radius 2 is 1.69 bits per heavy atom. The Kier molecular flexibility index (Phi) is 3.97. The molecule has 4 aromatic rings. The number of hydrogen-bond donors (Lipinski definition) is 0. The van der Waals surface area contributed by atoms with Crippen molar-refractivity contribution in [1.29, 1.82) is 0 Å². The highest BCUT2D eigenvalue weighted by molar-refractivity contribution is 7.90. The first-order valence-corrected chi connectivity index (χ1v) is 9.39. The first kappa shape index (κ1) is 16.7. The molecule has 0 saturated heterocycles. The van der Waals surface area contributed by atoms with Gasteiger partial charge in [0.05, 0.1) is 16.6 Å².